The highest BCUT2D eigenvalue weighted by Gasteiger charge is 2.23. The van der Waals surface area contributed by atoms with E-state index in [1.807, 2.05) is 0 Å². The highest BCUT2D eigenvalue weighted by Crippen LogP contribution is 2.35. The van der Waals surface area contributed by atoms with Gasteiger partial charge in [-0.25, -0.2) is 10.5 Å². The molecule has 0 fully saturated rings. The standard InChI is InChI=1S/C28H20N2O17S5/c31-27(29-23-10-15-2-4-21(50(35,36)37)7-17(15)12-25(23)49-47-45-34)18-5-19(9-22(8-18)51(38,39)40)28(32)30-24-11-14-1-3-20(48-46-44-33)6-16(14)13-26(24)52(41,42)43/h1-13,33-34H,(H,29,31)(H,30,32)(H,35,36,37)(H,38,39,40)(H,41,42,43). The Morgan fingerprint density at radius 2 is 1.08 bits per heavy atom. The summed E-state index contributed by atoms with van der Waals surface area (Å²) in [6.07, 6.45) is 0. The molecule has 0 atom stereocenters. The lowest BCUT2D eigenvalue weighted by molar-refractivity contribution is -0.432. The molecule has 0 aliphatic heterocycles. The van der Waals surface area contributed by atoms with E-state index in [-0.39, 0.29) is 21.4 Å². The van der Waals surface area contributed by atoms with Gasteiger partial charge < -0.3 is 10.6 Å². The molecule has 274 valence electrons. The lowest BCUT2D eigenvalue weighted by Crippen LogP contribution is -2.18. The third-order valence-corrected chi connectivity index (χ3v) is 10.7. The molecule has 5 rings (SSSR count). The fraction of sp³-hybridized carbons (Fsp3) is 0. The summed E-state index contributed by atoms with van der Waals surface area (Å²) in [6.45, 7) is 0. The van der Waals surface area contributed by atoms with E-state index < -0.39 is 73.7 Å². The molecule has 0 radical (unpaired) electrons. The summed E-state index contributed by atoms with van der Waals surface area (Å²) >= 11 is 0.912. The van der Waals surface area contributed by atoms with E-state index in [0.717, 1.165) is 30.3 Å². The molecule has 7 N–H and O–H groups in total. The smallest absolute Gasteiger partial charge is 0.296 e. The highest BCUT2D eigenvalue weighted by molar-refractivity contribution is 7.95. The Hall–Kier alpha value is -4.25. The molecule has 0 unspecified atom stereocenters. The Morgan fingerprint density at radius 1 is 0.538 bits per heavy atom. The highest BCUT2D eigenvalue weighted by atomic mass is 32.2. The molecule has 0 heterocycles. The molecule has 5 aromatic rings. The number of hydrogen-bond acceptors (Lipinski definition) is 16. The largest absolute Gasteiger partial charge is 0.321 e. The van der Waals surface area contributed by atoms with Gasteiger partial charge in [0.25, 0.3) is 42.2 Å². The van der Waals surface area contributed by atoms with Crippen molar-refractivity contribution >= 4 is 99.2 Å². The van der Waals surface area contributed by atoms with Crippen LogP contribution >= 0.6 is 24.1 Å². The number of carbonyl (C=O) groups excluding carboxylic acids is 2. The lowest BCUT2D eigenvalue weighted by Gasteiger charge is -2.14. The average molecular weight is 817 g/mol. The van der Waals surface area contributed by atoms with E-state index in [0.29, 0.717) is 45.8 Å². The average Bonchev–Trinajstić information content (AvgIpc) is 3.07. The van der Waals surface area contributed by atoms with E-state index >= 15 is 0 Å². The number of carbonyl (C=O) groups is 2. The van der Waals surface area contributed by atoms with Crippen molar-refractivity contribution < 1.29 is 77.8 Å². The van der Waals surface area contributed by atoms with Crippen LogP contribution in [0.2, 0.25) is 0 Å². The Bertz CT molecular complexity index is 2580. The first-order valence-electron chi connectivity index (χ1n) is 13.5. The quantitative estimate of drug-likeness (QED) is 0.0352. The Kier molecular flexibility index (Phi) is 11.5. The van der Waals surface area contributed by atoms with Crippen molar-refractivity contribution in [1.82, 2.24) is 0 Å². The predicted molar refractivity (Wildman–Crippen MR) is 181 cm³/mol. The molecule has 0 aliphatic carbocycles. The van der Waals surface area contributed by atoms with E-state index in [9.17, 15) is 48.5 Å². The van der Waals surface area contributed by atoms with Crippen molar-refractivity contribution in [2.75, 3.05) is 10.6 Å². The number of benzene rings is 5. The predicted octanol–water partition coefficient (Wildman–Crippen LogP) is 5.09. The monoisotopic (exact) mass is 816 g/mol. The Morgan fingerprint density at radius 3 is 1.65 bits per heavy atom. The SMILES string of the molecule is O=C(Nc1cc2ccc(S(=O)(=O)O)cc2cc1SOOO)c1cc(C(=O)Nc2cc3ccc(SOOO)cc3cc2S(=O)(=O)O)cc(S(=O)(=O)O)c1. The van der Waals surface area contributed by atoms with Crippen molar-refractivity contribution in [2.45, 2.75) is 24.5 Å². The summed E-state index contributed by atoms with van der Waals surface area (Å²) in [7, 11) is -14.7. The number of fused-ring (bicyclic) bond motifs is 2. The number of amides is 2. The van der Waals surface area contributed by atoms with Crippen LogP contribution < -0.4 is 10.6 Å². The van der Waals surface area contributed by atoms with Gasteiger partial charge >= 0.3 is 0 Å². The first kappa shape index (κ1) is 39.0. The van der Waals surface area contributed by atoms with Gasteiger partial charge in [-0.3, -0.25) is 23.2 Å². The summed E-state index contributed by atoms with van der Waals surface area (Å²) < 4.78 is 110. The van der Waals surface area contributed by atoms with E-state index in [1.54, 1.807) is 0 Å². The number of anilines is 2. The van der Waals surface area contributed by atoms with Crippen LogP contribution in [0.5, 0.6) is 0 Å². The summed E-state index contributed by atoms with van der Waals surface area (Å²) in [6, 6.07) is 14.9. The molecule has 0 aromatic heterocycles. The molecule has 0 saturated carbocycles. The van der Waals surface area contributed by atoms with E-state index in [1.165, 1.54) is 42.5 Å². The maximum Gasteiger partial charge on any atom is 0.296 e. The molecule has 0 saturated heterocycles. The number of nitrogens with one attached hydrogen (secondary N) is 2. The molecule has 19 nitrogen and oxygen atoms in total. The normalized spacial score (nSPS) is 12.2. The molecule has 0 bridgehead atoms. The zero-order valence-corrected chi connectivity index (χ0v) is 29.3. The van der Waals surface area contributed by atoms with Crippen molar-refractivity contribution in [3.05, 3.63) is 90.0 Å². The molecule has 24 heteroatoms. The topological polar surface area (TPSA) is 299 Å². The second-order valence-electron chi connectivity index (χ2n) is 10.2. The lowest BCUT2D eigenvalue weighted by atomic mass is 10.1. The molecule has 0 spiro atoms. The van der Waals surface area contributed by atoms with Gasteiger partial charge in [0.05, 0.1) is 50.1 Å². The van der Waals surface area contributed by atoms with Crippen molar-refractivity contribution in [2.24, 2.45) is 0 Å². The van der Waals surface area contributed by atoms with Gasteiger partial charge in [0, 0.05) is 16.0 Å². The third kappa shape index (κ3) is 9.21. The Labute approximate surface area is 300 Å². The van der Waals surface area contributed by atoms with Gasteiger partial charge in [0.2, 0.25) is 0 Å². The van der Waals surface area contributed by atoms with Gasteiger partial charge in [-0.15, -0.1) is 8.67 Å². The van der Waals surface area contributed by atoms with E-state index in [2.05, 4.69) is 29.4 Å². The van der Waals surface area contributed by atoms with Crippen LogP contribution in [0, 0.1) is 0 Å². The van der Waals surface area contributed by atoms with Gasteiger partial charge in [0.1, 0.15) is 4.90 Å². The van der Waals surface area contributed by atoms with Gasteiger partial charge in [-0.05, 0) is 88.3 Å². The summed E-state index contributed by atoms with van der Waals surface area (Å²) in [5.41, 5.74) is -1.63. The fourth-order valence-corrected chi connectivity index (χ4v) is 7.32. The van der Waals surface area contributed by atoms with Crippen molar-refractivity contribution in [1.29, 1.82) is 0 Å². The minimum atomic E-state index is -5.07. The summed E-state index contributed by atoms with van der Waals surface area (Å²) in [4.78, 5) is 25.1. The van der Waals surface area contributed by atoms with Crippen LogP contribution in [0.4, 0.5) is 11.4 Å². The minimum Gasteiger partial charge on any atom is -0.321 e. The first-order chi connectivity index (χ1) is 24.4. The van der Waals surface area contributed by atoms with Gasteiger partial charge in [0.15, 0.2) is 0 Å². The zero-order valence-electron chi connectivity index (χ0n) is 25.2. The Balaban J connectivity index is 1.53. The summed E-state index contributed by atoms with van der Waals surface area (Å²) in [5.74, 6) is -2.26. The van der Waals surface area contributed by atoms with Crippen LogP contribution in [0.15, 0.2) is 103 Å². The van der Waals surface area contributed by atoms with Crippen LogP contribution in [0.3, 0.4) is 0 Å². The van der Waals surface area contributed by atoms with Crippen molar-refractivity contribution in [3.8, 4) is 0 Å². The first-order valence-corrected chi connectivity index (χ1v) is 19.3. The molecular formula is C28H20N2O17S5. The van der Waals surface area contributed by atoms with Crippen LogP contribution in [0.25, 0.3) is 21.5 Å². The number of hydrogen-bond donors (Lipinski definition) is 7. The maximum atomic E-state index is 13.5. The number of rotatable bonds is 13. The van der Waals surface area contributed by atoms with E-state index in [4.69, 9.17) is 10.5 Å². The van der Waals surface area contributed by atoms with Crippen LogP contribution in [0.1, 0.15) is 20.7 Å². The third-order valence-electron chi connectivity index (χ3n) is 6.94. The second-order valence-corrected chi connectivity index (χ2v) is 16.0. The molecule has 2 amide bonds. The summed E-state index contributed by atoms with van der Waals surface area (Å²) in [5, 5.41) is 29.9. The molecule has 0 aliphatic rings. The van der Waals surface area contributed by atoms with Crippen LogP contribution in [-0.4, -0.2) is 61.2 Å². The fourth-order valence-electron chi connectivity index (χ4n) is 4.71. The van der Waals surface area contributed by atoms with Crippen LogP contribution in [-0.2, 0) is 49.1 Å². The van der Waals surface area contributed by atoms with Crippen molar-refractivity contribution in [3.63, 3.8) is 0 Å². The molecule has 5 aromatic carbocycles. The van der Waals surface area contributed by atoms with Gasteiger partial charge in [-0.1, -0.05) is 22.2 Å². The minimum absolute atomic E-state index is 0.0136. The second kappa shape index (κ2) is 15.4. The molecule has 52 heavy (non-hydrogen) atoms. The molecular weight excluding hydrogens is 797 g/mol. The van der Waals surface area contributed by atoms with Gasteiger partial charge in [-0.2, -0.15) is 25.3 Å². The maximum absolute atomic E-state index is 13.5. The zero-order chi connectivity index (χ0) is 38.0.